The Labute approximate surface area is 230 Å². The second-order valence-corrected chi connectivity index (χ2v) is 12.2. The van der Waals surface area contributed by atoms with Crippen LogP contribution in [0.5, 0.6) is 0 Å². The van der Waals surface area contributed by atoms with E-state index in [1.807, 2.05) is 40.8 Å². The fourth-order valence-electron chi connectivity index (χ4n) is 5.58. The summed E-state index contributed by atoms with van der Waals surface area (Å²) in [5.74, 6) is 2.73. The lowest BCUT2D eigenvalue weighted by Gasteiger charge is -2.40. The fraction of sp³-hybridized carbons (Fsp3) is 0.484. The first-order valence-corrected chi connectivity index (χ1v) is 13.5. The van der Waals surface area contributed by atoms with Gasteiger partial charge in [0, 0.05) is 49.5 Å². The summed E-state index contributed by atoms with van der Waals surface area (Å²) in [6.07, 6.45) is 9.88. The Balaban J connectivity index is 1.61. The fourth-order valence-corrected chi connectivity index (χ4v) is 5.58. The third-order valence-corrected chi connectivity index (χ3v) is 7.20. The number of carbonyl (C=O) groups is 1. The van der Waals surface area contributed by atoms with Gasteiger partial charge in [0.25, 0.3) is 0 Å². The maximum absolute atomic E-state index is 13.3. The molecule has 8 nitrogen and oxygen atoms in total. The number of fused-ring (bicyclic) bond motifs is 2. The Hall–Kier alpha value is -3.38. The van der Waals surface area contributed by atoms with Gasteiger partial charge in [-0.25, -0.2) is 9.78 Å². The minimum absolute atomic E-state index is 0.297. The van der Waals surface area contributed by atoms with E-state index in [2.05, 4.69) is 39.0 Å². The Bertz CT molecular complexity index is 1420. The molecule has 3 aromatic rings. The number of aliphatic hydroxyl groups is 1. The maximum Gasteiger partial charge on any atom is 0.410 e. The highest BCUT2D eigenvalue weighted by atomic mass is 16.6. The van der Waals surface area contributed by atoms with Gasteiger partial charge in [-0.2, -0.15) is 0 Å². The van der Waals surface area contributed by atoms with Crippen LogP contribution in [0.3, 0.4) is 0 Å². The minimum atomic E-state index is -0.805. The van der Waals surface area contributed by atoms with Crippen molar-refractivity contribution in [3.8, 4) is 23.5 Å². The highest BCUT2D eigenvalue weighted by Gasteiger charge is 2.35. The number of aromatic amines is 1. The van der Waals surface area contributed by atoms with E-state index in [0.29, 0.717) is 32.8 Å². The average molecular weight is 531 g/mol. The van der Waals surface area contributed by atoms with Gasteiger partial charge in [-0.1, -0.05) is 12.0 Å². The second-order valence-electron chi connectivity index (χ2n) is 12.2. The number of carbonyl (C=O) groups excluding carboxylic acids is 1. The Morgan fingerprint density at radius 2 is 2.03 bits per heavy atom. The molecule has 39 heavy (non-hydrogen) atoms. The number of pyridine rings is 1. The monoisotopic (exact) mass is 530 g/mol. The molecule has 0 radical (unpaired) electrons. The van der Waals surface area contributed by atoms with Crippen LogP contribution >= 0.6 is 0 Å². The smallest absolute Gasteiger partial charge is 0.410 e. The number of nitrogens with one attached hydrogen (secondary N) is 1. The number of H-pyrrole nitrogens is 1. The summed E-state index contributed by atoms with van der Waals surface area (Å²) >= 11 is 0. The second kappa shape index (κ2) is 10.3. The van der Waals surface area contributed by atoms with Gasteiger partial charge < -0.3 is 19.6 Å². The summed E-state index contributed by atoms with van der Waals surface area (Å²) in [6.45, 7) is 12.7. The van der Waals surface area contributed by atoms with Crippen molar-refractivity contribution < 1.29 is 19.4 Å². The van der Waals surface area contributed by atoms with Crippen molar-refractivity contribution >= 4 is 17.1 Å². The lowest BCUT2D eigenvalue weighted by molar-refractivity contribution is -0.0335. The molecule has 0 aliphatic carbocycles. The number of rotatable bonds is 4. The summed E-state index contributed by atoms with van der Waals surface area (Å²) in [6, 6.07) is 6.17. The van der Waals surface area contributed by atoms with Crippen molar-refractivity contribution in [2.24, 2.45) is 0 Å². The van der Waals surface area contributed by atoms with Crippen LogP contribution < -0.4 is 0 Å². The van der Waals surface area contributed by atoms with Gasteiger partial charge in [-0.3, -0.25) is 9.80 Å². The van der Waals surface area contributed by atoms with Crippen LogP contribution in [-0.2, 0) is 22.4 Å². The summed E-state index contributed by atoms with van der Waals surface area (Å²) in [5, 5.41) is 11.4. The number of hydrogen-bond acceptors (Lipinski definition) is 6. The van der Waals surface area contributed by atoms with Crippen molar-refractivity contribution in [2.75, 3.05) is 32.8 Å². The highest BCUT2D eigenvalue weighted by molar-refractivity contribution is 5.87. The van der Waals surface area contributed by atoms with Crippen molar-refractivity contribution in [1.82, 2.24) is 19.8 Å². The van der Waals surface area contributed by atoms with Gasteiger partial charge in [-0.15, -0.1) is 6.42 Å². The van der Waals surface area contributed by atoms with Crippen LogP contribution in [0.2, 0.25) is 0 Å². The van der Waals surface area contributed by atoms with Gasteiger partial charge in [0.2, 0.25) is 0 Å². The molecule has 1 atom stereocenters. The van der Waals surface area contributed by atoms with Crippen LogP contribution in [0.15, 0.2) is 30.6 Å². The number of morpholine rings is 1. The van der Waals surface area contributed by atoms with Crippen molar-refractivity contribution in [1.29, 1.82) is 0 Å². The third-order valence-electron chi connectivity index (χ3n) is 7.20. The summed E-state index contributed by atoms with van der Waals surface area (Å²) in [5.41, 5.74) is 5.56. The number of ether oxygens (including phenoxy) is 2. The molecule has 1 amide bonds. The molecule has 5 rings (SSSR count). The minimum Gasteiger partial charge on any atom is -0.444 e. The SMILES string of the molecule is C#Cc1c[nH]c2ncc(-c3cc4c(c([C@@H]5COCCN5C(=O)OC(C)(C)C)c3)CN(CC(C)(C)O)CC4)cc12. The first-order valence-electron chi connectivity index (χ1n) is 13.5. The molecule has 2 aliphatic heterocycles. The number of amides is 1. The van der Waals surface area contributed by atoms with Crippen molar-refractivity contribution in [3.63, 3.8) is 0 Å². The topological polar surface area (TPSA) is 90.9 Å². The summed E-state index contributed by atoms with van der Waals surface area (Å²) < 4.78 is 11.7. The standard InChI is InChI=1S/C31H38N4O4/c1-7-20-15-32-28-24(20)14-23(16-33-28)22-12-21-8-9-34(19-31(5,6)37)17-26(21)25(13-22)27-18-38-11-10-35(27)29(36)39-30(2,3)4/h1,12-16,27,37H,8-11,17-19H2,2-6H3,(H,32,33)/t27-/m0/s1. The molecule has 1 fully saturated rings. The molecular weight excluding hydrogens is 492 g/mol. The van der Waals surface area contributed by atoms with E-state index in [4.69, 9.17) is 15.9 Å². The Kier molecular flexibility index (Phi) is 7.19. The summed E-state index contributed by atoms with van der Waals surface area (Å²) in [4.78, 5) is 25.2. The molecule has 8 heteroatoms. The van der Waals surface area contributed by atoms with E-state index in [0.717, 1.165) is 46.3 Å². The molecule has 1 saturated heterocycles. The van der Waals surface area contributed by atoms with Crippen LogP contribution in [0.1, 0.15) is 62.9 Å². The average Bonchev–Trinajstić information content (AvgIpc) is 3.28. The molecule has 4 heterocycles. The van der Waals surface area contributed by atoms with E-state index in [9.17, 15) is 9.90 Å². The number of β-amino-alcohol motifs (C(OH)–C–C–N with tert-alkyl or cyclic N) is 1. The van der Waals surface area contributed by atoms with Crippen LogP contribution in [0.4, 0.5) is 4.79 Å². The van der Waals surface area contributed by atoms with Gasteiger partial charge in [0.15, 0.2) is 0 Å². The molecule has 2 aliphatic rings. The van der Waals surface area contributed by atoms with Gasteiger partial charge in [0.05, 0.1) is 30.4 Å². The Morgan fingerprint density at radius 3 is 2.74 bits per heavy atom. The van der Waals surface area contributed by atoms with Crippen LogP contribution in [-0.4, -0.2) is 75.0 Å². The van der Waals surface area contributed by atoms with Gasteiger partial charge in [0.1, 0.15) is 11.2 Å². The highest BCUT2D eigenvalue weighted by Crippen LogP contribution is 2.37. The third kappa shape index (κ3) is 5.96. The molecule has 1 aromatic carbocycles. The van der Waals surface area contributed by atoms with E-state index in [-0.39, 0.29) is 12.1 Å². The van der Waals surface area contributed by atoms with Crippen molar-refractivity contribution in [3.05, 3.63) is 52.8 Å². The van der Waals surface area contributed by atoms with Crippen LogP contribution in [0.25, 0.3) is 22.2 Å². The molecule has 0 unspecified atom stereocenters. The van der Waals surface area contributed by atoms with Gasteiger partial charge >= 0.3 is 6.09 Å². The van der Waals surface area contributed by atoms with Crippen LogP contribution in [0, 0.1) is 12.3 Å². The van der Waals surface area contributed by atoms with Crippen molar-refractivity contribution in [2.45, 2.75) is 64.8 Å². The molecule has 206 valence electrons. The van der Waals surface area contributed by atoms with E-state index >= 15 is 0 Å². The maximum atomic E-state index is 13.3. The molecular formula is C31H38N4O4. The molecule has 0 spiro atoms. The zero-order valence-electron chi connectivity index (χ0n) is 23.5. The van der Waals surface area contributed by atoms with E-state index in [1.165, 1.54) is 11.1 Å². The quantitative estimate of drug-likeness (QED) is 0.478. The first kappa shape index (κ1) is 27.2. The zero-order valence-corrected chi connectivity index (χ0v) is 23.5. The predicted molar refractivity (Wildman–Crippen MR) is 151 cm³/mol. The predicted octanol–water partition coefficient (Wildman–Crippen LogP) is 4.65. The van der Waals surface area contributed by atoms with E-state index in [1.54, 1.807) is 11.1 Å². The molecule has 2 N–H and O–H groups in total. The zero-order chi connectivity index (χ0) is 27.9. The lowest BCUT2D eigenvalue weighted by atomic mass is 9.86. The number of benzene rings is 1. The number of nitrogens with zero attached hydrogens (tertiary/aromatic N) is 3. The number of aromatic nitrogens is 2. The summed E-state index contributed by atoms with van der Waals surface area (Å²) in [7, 11) is 0. The van der Waals surface area contributed by atoms with Gasteiger partial charge in [-0.05, 0) is 75.4 Å². The molecule has 2 aromatic heterocycles. The van der Waals surface area contributed by atoms with E-state index < -0.39 is 11.2 Å². The Morgan fingerprint density at radius 1 is 1.23 bits per heavy atom. The normalized spacial score (nSPS) is 18.6. The molecule has 0 saturated carbocycles. The first-order chi connectivity index (χ1) is 18.4. The number of hydrogen-bond donors (Lipinski definition) is 2. The molecule has 0 bridgehead atoms. The largest absolute Gasteiger partial charge is 0.444 e. The number of terminal acetylenes is 1. The lowest BCUT2D eigenvalue weighted by Crippen LogP contribution is -2.47.